The van der Waals surface area contributed by atoms with Crippen LogP contribution in [0.1, 0.15) is 24.0 Å². The van der Waals surface area contributed by atoms with E-state index in [1.54, 1.807) is 0 Å². The second kappa shape index (κ2) is 7.66. The Morgan fingerprint density at radius 1 is 1.10 bits per heavy atom. The van der Waals surface area contributed by atoms with Gasteiger partial charge in [-0.1, -0.05) is 37.3 Å². The Labute approximate surface area is 132 Å². The molecular weight excluding hydrogens is 336 g/mol. The van der Waals surface area contributed by atoms with Crippen molar-refractivity contribution >= 4 is 15.9 Å². The van der Waals surface area contributed by atoms with Crippen LogP contribution in [0.15, 0.2) is 46.9 Å². The summed E-state index contributed by atoms with van der Waals surface area (Å²) < 4.78 is 28.4. The van der Waals surface area contributed by atoms with E-state index in [0.29, 0.717) is 17.4 Å². The lowest BCUT2D eigenvalue weighted by molar-refractivity contribution is 0.520. The first-order valence-corrected chi connectivity index (χ1v) is 7.80. The van der Waals surface area contributed by atoms with Crippen molar-refractivity contribution in [2.45, 2.75) is 19.3 Å². The fourth-order valence-electron chi connectivity index (χ4n) is 2.35. The van der Waals surface area contributed by atoms with E-state index in [1.807, 2.05) is 37.3 Å². The first kappa shape index (κ1) is 16.1. The van der Waals surface area contributed by atoms with Crippen molar-refractivity contribution in [3.63, 3.8) is 0 Å². The van der Waals surface area contributed by atoms with Crippen LogP contribution in [0.2, 0.25) is 0 Å². The molecule has 0 radical (unpaired) electrons. The summed E-state index contributed by atoms with van der Waals surface area (Å²) in [6.45, 7) is 3.53. The fourth-order valence-corrected chi connectivity index (χ4v) is 2.73. The Morgan fingerprint density at radius 3 is 2.48 bits per heavy atom. The maximum Gasteiger partial charge on any atom is 0.143 e. The topological polar surface area (TPSA) is 12.0 Å². The molecule has 1 nitrogen and oxygen atoms in total. The molecule has 4 heteroatoms. The second-order valence-corrected chi connectivity index (χ2v) is 5.80. The Bertz CT molecular complexity index is 587. The first-order chi connectivity index (χ1) is 10.1. The predicted molar refractivity (Wildman–Crippen MR) is 85.5 cm³/mol. The standard InChI is InChI=1S/C17H18BrF2N/c1-2-21-11-13(12-6-4-3-5-7-12)10-14-16(19)9-8-15(18)17(14)20/h3-9,13,21H,2,10-11H2,1H3. The molecule has 0 fully saturated rings. The van der Waals surface area contributed by atoms with Gasteiger partial charge in [-0.3, -0.25) is 0 Å². The molecule has 2 aromatic rings. The van der Waals surface area contributed by atoms with E-state index >= 15 is 0 Å². The zero-order valence-electron chi connectivity index (χ0n) is 11.9. The highest BCUT2D eigenvalue weighted by molar-refractivity contribution is 9.10. The summed E-state index contributed by atoms with van der Waals surface area (Å²) in [7, 11) is 0. The van der Waals surface area contributed by atoms with Crippen LogP contribution in [-0.4, -0.2) is 13.1 Å². The highest BCUT2D eigenvalue weighted by atomic mass is 79.9. The van der Waals surface area contributed by atoms with Gasteiger partial charge in [0.15, 0.2) is 0 Å². The maximum absolute atomic E-state index is 14.2. The first-order valence-electron chi connectivity index (χ1n) is 7.01. The molecule has 2 rings (SSSR count). The summed E-state index contributed by atoms with van der Waals surface area (Å²) in [5, 5.41) is 3.26. The summed E-state index contributed by atoms with van der Waals surface area (Å²) in [5.41, 5.74) is 1.22. The van der Waals surface area contributed by atoms with E-state index in [4.69, 9.17) is 0 Å². The number of hydrogen-bond donors (Lipinski definition) is 1. The Hall–Kier alpha value is -1.26. The van der Waals surface area contributed by atoms with Crippen LogP contribution in [-0.2, 0) is 6.42 Å². The van der Waals surface area contributed by atoms with Crippen molar-refractivity contribution in [1.82, 2.24) is 5.32 Å². The van der Waals surface area contributed by atoms with Gasteiger partial charge in [0.2, 0.25) is 0 Å². The van der Waals surface area contributed by atoms with Crippen molar-refractivity contribution in [3.05, 3.63) is 69.7 Å². The molecule has 0 amide bonds. The summed E-state index contributed by atoms with van der Waals surface area (Å²) in [6, 6.07) is 12.5. The van der Waals surface area contributed by atoms with Crippen molar-refractivity contribution < 1.29 is 8.78 Å². The van der Waals surface area contributed by atoms with E-state index in [2.05, 4.69) is 21.2 Å². The molecule has 1 N–H and O–H groups in total. The number of nitrogens with one attached hydrogen (secondary N) is 1. The highest BCUT2D eigenvalue weighted by Gasteiger charge is 2.19. The third kappa shape index (κ3) is 4.11. The molecule has 112 valence electrons. The summed E-state index contributed by atoms with van der Waals surface area (Å²) in [6.07, 6.45) is 0.327. The lowest BCUT2D eigenvalue weighted by atomic mass is 9.91. The smallest absolute Gasteiger partial charge is 0.143 e. The van der Waals surface area contributed by atoms with Crippen molar-refractivity contribution in [2.24, 2.45) is 0 Å². The van der Waals surface area contributed by atoms with E-state index in [0.717, 1.165) is 12.1 Å². The van der Waals surface area contributed by atoms with Gasteiger partial charge in [0.05, 0.1) is 4.47 Å². The minimum absolute atomic E-state index is 0.0319. The quantitative estimate of drug-likeness (QED) is 0.744. The van der Waals surface area contributed by atoms with Gasteiger partial charge < -0.3 is 5.32 Å². The molecule has 21 heavy (non-hydrogen) atoms. The van der Waals surface area contributed by atoms with Gasteiger partial charge in [-0.05, 0) is 46.6 Å². The predicted octanol–water partition coefficient (Wildman–Crippen LogP) is 4.66. The molecule has 0 saturated heterocycles. The monoisotopic (exact) mass is 353 g/mol. The lowest BCUT2D eigenvalue weighted by Gasteiger charge is -2.19. The van der Waals surface area contributed by atoms with Gasteiger partial charge in [0.25, 0.3) is 0 Å². The van der Waals surface area contributed by atoms with Crippen LogP contribution in [0.4, 0.5) is 8.78 Å². The normalized spacial score (nSPS) is 12.4. The molecule has 0 aliphatic rings. The van der Waals surface area contributed by atoms with Crippen LogP contribution in [0.3, 0.4) is 0 Å². The average Bonchev–Trinajstić information content (AvgIpc) is 2.51. The van der Waals surface area contributed by atoms with Gasteiger partial charge in [-0.25, -0.2) is 8.78 Å². The Balaban J connectivity index is 2.29. The summed E-state index contributed by atoms with van der Waals surface area (Å²) in [4.78, 5) is 0. The van der Waals surface area contributed by atoms with E-state index in [-0.39, 0.29) is 11.5 Å². The zero-order valence-corrected chi connectivity index (χ0v) is 13.5. The minimum Gasteiger partial charge on any atom is -0.316 e. The largest absolute Gasteiger partial charge is 0.316 e. The molecule has 0 spiro atoms. The van der Waals surface area contributed by atoms with Crippen LogP contribution in [0.25, 0.3) is 0 Å². The van der Waals surface area contributed by atoms with Crippen molar-refractivity contribution in [3.8, 4) is 0 Å². The van der Waals surface area contributed by atoms with Crippen molar-refractivity contribution in [1.29, 1.82) is 0 Å². The van der Waals surface area contributed by atoms with Gasteiger partial charge in [-0.15, -0.1) is 0 Å². The number of halogens is 3. The molecule has 1 unspecified atom stereocenters. The summed E-state index contributed by atoms with van der Waals surface area (Å²) >= 11 is 3.12. The molecule has 0 aliphatic carbocycles. The van der Waals surface area contributed by atoms with Gasteiger partial charge >= 0.3 is 0 Å². The fraction of sp³-hybridized carbons (Fsp3) is 0.294. The molecule has 1 atom stereocenters. The second-order valence-electron chi connectivity index (χ2n) is 4.94. The van der Waals surface area contributed by atoms with Crippen LogP contribution in [0.5, 0.6) is 0 Å². The number of rotatable bonds is 6. The molecule has 0 aromatic heterocycles. The molecule has 0 saturated carbocycles. The zero-order chi connectivity index (χ0) is 15.2. The number of hydrogen-bond acceptors (Lipinski definition) is 1. The van der Waals surface area contributed by atoms with E-state index < -0.39 is 11.6 Å². The highest BCUT2D eigenvalue weighted by Crippen LogP contribution is 2.27. The maximum atomic E-state index is 14.2. The SMILES string of the molecule is CCNCC(Cc1c(F)ccc(Br)c1F)c1ccccc1. The van der Waals surface area contributed by atoms with Gasteiger partial charge in [-0.2, -0.15) is 0 Å². The molecule has 0 bridgehead atoms. The third-order valence-corrected chi connectivity index (χ3v) is 4.11. The van der Waals surface area contributed by atoms with E-state index in [1.165, 1.54) is 12.1 Å². The number of likely N-dealkylation sites (N-methyl/N-ethyl adjacent to an activating group) is 1. The Kier molecular flexibility index (Phi) is 5.88. The number of benzene rings is 2. The lowest BCUT2D eigenvalue weighted by Crippen LogP contribution is -2.23. The molecule has 0 aliphatic heterocycles. The van der Waals surface area contributed by atoms with Gasteiger partial charge in [0, 0.05) is 18.0 Å². The van der Waals surface area contributed by atoms with Crippen LogP contribution in [0, 0.1) is 11.6 Å². The van der Waals surface area contributed by atoms with Crippen LogP contribution >= 0.6 is 15.9 Å². The molecule has 0 heterocycles. The van der Waals surface area contributed by atoms with Crippen LogP contribution < -0.4 is 5.32 Å². The Morgan fingerprint density at radius 2 is 1.81 bits per heavy atom. The summed E-state index contributed by atoms with van der Waals surface area (Å²) in [5.74, 6) is -0.968. The van der Waals surface area contributed by atoms with Gasteiger partial charge in [0.1, 0.15) is 11.6 Å². The molecular formula is C17H18BrF2N. The van der Waals surface area contributed by atoms with E-state index in [9.17, 15) is 8.78 Å². The minimum atomic E-state index is -0.507. The average molecular weight is 354 g/mol. The third-order valence-electron chi connectivity index (χ3n) is 3.50. The van der Waals surface area contributed by atoms with Crippen molar-refractivity contribution in [2.75, 3.05) is 13.1 Å². The molecule has 2 aromatic carbocycles.